The Morgan fingerprint density at radius 3 is 2.15 bits per heavy atom. The van der Waals surface area contributed by atoms with Crippen molar-refractivity contribution >= 4 is 34.1 Å². The third-order valence-electron chi connectivity index (χ3n) is 6.27. The van der Waals surface area contributed by atoms with Crippen LogP contribution in [0.25, 0.3) is 10.8 Å². The van der Waals surface area contributed by atoms with E-state index in [1.165, 1.54) is 5.56 Å². The van der Waals surface area contributed by atoms with Gasteiger partial charge in [-0.05, 0) is 35.1 Å². The maximum Gasteiger partial charge on any atom is 0.257 e. The predicted molar refractivity (Wildman–Crippen MR) is 137 cm³/mol. The van der Waals surface area contributed by atoms with Gasteiger partial charge in [-0.3, -0.25) is 4.79 Å². The highest BCUT2D eigenvalue weighted by atomic mass is 16.1. The summed E-state index contributed by atoms with van der Waals surface area (Å²) < 4.78 is 0. The van der Waals surface area contributed by atoms with Crippen LogP contribution in [0.2, 0.25) is 0 Å². The molecular weight excluding hydrogens is 424 g/mol. The molecule has 1 aliphatic heterocycles. The van der Waals surface area contributed by atoms with Crippen LogP contribution in [0.3, 0.4) is 0 Å². The summed E-state index contributed by atoms with van der Waals surface area (Å²) in [5.41, 5.74) is 2.60. The number of hydrogen-bond acceptors (Lipinski definition) is 6. The molecule has 172 valence electrons. The number of fused-ring (bicyclic) bond motifs is 1. The highest BCUT2D eigenvalue weighted by molar-refractivity contribution is 6.14. The van der Waals surface area contributed by atoms with E-state index < -0.39 is 0 Å². The lowest BCUT2D eigenvalue weighted by Gasteiger charge is -2.35. The molecule has 1 amide bonds. The standard InChI is InChI=1S/C27H28N6O/c1-19(2)20-8-10-21(11-9-20)31-26(34)24-18-30-25(23-7-4-3-6-22(23)24)32-14-16-33(17-15-32)27-28-12-5-13-29-27/h3-13,18-19H,14-17H2,1-2H3,(H,31,34). The Morgan fingerprint density at radius 1 is 0.824 bits per heavy atom. The van der Waals surface area contributed by atoms with Gasteiger partial charge in [0.25, 0.3) is 5.91 Å². The number of rotatable bonds is 5. The number of nitrogens with one attached hydrogen (secondary N) is 1. The van der Waals surface area contributed by atoms with Crippen LogP contribution in [0.5, 0.6) is 0 Å². The molecule has 1 aliphatic rings. The van der Waals surface area contributed by atoms with Gasteiger partial charge < -0.3 is 15.1 Å². The summed E-state index contributed by atoms with van der Waals surface area (Å²) in [5.74, 6) is 1.96. The predicted octanol–water partition coefficient (Wildman–Crippen LogP) is 4.73. The minimum atomic E-state index is -0.154. The molecule has 0 radical (unpaired) electrons. The number of aromatic nitrogens is 3. The first-order valence-electron chi connectivity index (χ1n) is 11.7. The zero-order valence-corrected chi connectivity index (χ0v) is 19.5. The third kappa shape index (κ3) is 4.41. The Labute approximate surface area is 199 Å². The van der Waals surface area contributed by atoms with Crippen molar-refractivity contribution in [1.29, 1.82) is 0 Å². The Bertz CT molecular complexity index is 1280. The summed E-state index contributed by atoms with van der Waals surface area (Å²) in [6.07, 6.45) is 5.24. The number of piperazine rings is 1. The maximum absolute atomic E-state index is 13.1. The first kappa shape index (κ1) is 21.8. The molecule has 2 aromatic carbocycles. The second-order valence-corrected chi connectivity index (χ2v) is 8.79. The summed E-state index contributed by atoms with van der Waals surface area (Å²) in [4.78, 5) is 31.1. The Morgan fingerprint density at radius 2 is 1.47 bits per heavy atom. The van der Waals surface area contributed by atoms with E-state index in [4.69, 9.17) is 4.98 Å². The van der Waals surface area contributed by atoms with Crippen LogP contribution in [-0.4, -0.2) is 47.0 Å². The van der Waals surface area contributed by atoms with Crippen LogP contribution >= 0.6 is 0 Å². The van der Waals surface area contributed by atoms with Gasteiger partial charge in [-0.15, -0.1) is 0 Å². The molecule has 0 aliphatic carbocycles. The summed E-state index contributed by atoms with van der Waals surface area (Å²) >= 11 is 0. The average Bonchev–Trinajstić information content (AvgIpc) is 2.89. The molecule has 4 aromatic rings. The Balaban J connectivity index is 1.36. The SMILES string of the molecule is CC(C)c1ccc(NC(=O)c2cnc(N3CCN(c4ncccn4)CC3)c3ccccc23)cc1. The van der Waals surface area contributed by atoms with Gasteiger partial charge in [0.05, 0.1) is 5.56 Å². The van der Waals surface area contributed by atoms with Crippen LogP contribution < -0.4 is 15.1 Å². The van der Waals surface area contributed by atoms with Crippen LogP contribution in [0.4, 0.5) is 17.5 Å². The largest absolute Gasteiger partial charge is 0.353 e. The van der Waals surface area contributed by atoms with Crippen molar-refractivity contribution < 1.29 is 4.79 Å². The molecular formula is C27H28N6O. The molecule has 7 heteroatoms. The van der Waals surface area contributed by atoms with Crippen LogP contribution in [0.1, 0.15) is 35.7 Å². The minimum Gasteiger partial charge on any atom is -0.353 e. The minimum absolute atomic E-state index is 0.154. The molecule has 1 saturated heterocycles. The van der Waals surface area contributed by atoms with Gasteiger partial charge >= 0.3 is 0 Å². The number of amides is 1. The van der Waals surface area contributed by atoms with Gasteiger partial charge in [-0.2, -0.15) is 0 Å². The monoisotopic (exact) mass is 452 g/mol. The van der Waals surface area contributed by atoms with Crippen molar-refractivity contribution in [2.75, 3.05) is 41.3 Å². The van der Waals surface area contributed by atoms with Gasteiger partial charge in [0.15, 0.2) is 0 Å². The van der Waals surface area contributed by atoms with Crippen molar-refractivity contribution in [3.63, 3.8) is 0 Å². The highest BCUT2D eigenvalue weighted by Crippen LogP contribution is 2.29. The molecule has 34 heavy (non-hydrogen) atoms. The zero-order valence-electron chi connectivity index (χ0n) is 19.5. The van der Waals surface area contributed by atoms with E-state index in [0.717, 1.165) is 54.4 Å². The number of nitrogens with zero attached hydrogens (tertiary/aromatic N) is 5. The first-order valence-corrected chi connectivity index (χ1v) is 11.7. The van der Waals surface area contributed by atoms with E-state index in [2.05, 4.69) is 51.1 Å². The van der Waals surface area contributed by atoms with Crippen LogP contribution in [-0.2, 0) is 0 Å². The summed E-state index contributed by atoms with van der Waals surface area (Å²) in [6.45, 7) is 7.56. The lowest BCUT2D eigenvalue weighted by Crippen LogP contribution is -2.47. The molecule has 7 nitrogen and oxygen atoms in total. The molecule has 0 atom stereocenters. The summed E-state index contributed by atoms with van der Waals surface area (Å²) in [6, 6.07) is 17.8. The maximum atomic E-state index is 13.1. The topological polar surface area (TPSA) is 74.2 Å². The average molecular weight is 453 g/mol. The van der Waals surface area contributed by atoms with Crippen molar-refractivity contribution in [3.8, 4) is 0 Å². The lowest BCUT2D eigenvalue weighted by molar-refractivity contribution is 0.102. The summed E-state index contributed by atoms with van der Waals surface area (Å²) in [5, 5.41) is 4.91. The number of carbonyl (C=O) groups is 1. The second-order valence-electron chi connectivity index (χ2n) is 8.79. The van der Waals surface area contributed by atoms with E-state index in [-0.39, 0.29) is 5.91 Å². The lowest BCUT2D eigenvalue weighted by atomic mass is 10.0. The molecule has 2 aromatic heterocycles. The molecule has 0 saturated carbocycles. The molecule has 0 bridgehead atoms. The van der Waals surface area contributed by atoms with Gasteiger partial charge in [-0.1, -0.05) is 50.2 Å². The number of hydrogen-bond donors (Lipinski definition) is 1. The molecule has 1 fully saturated rings. The number of anilines is 3. The van der Waals surface area contributed by atoms with Crippen LogP contribution in [0, 0.1) is 0 Å². The number of carbonyl (C=O) groups excluding carboxylic acids is 1. The van der Waals surface area contributed by atoms with E-state index in [9.17, 15) is 4.79 Å². The van der Waals surface area contributed by atoms with Gasteiger partial charge in [0.1, 0.15) is 5.82 Å². The van der Waals surface area contributed by atoms with E-state index in [0.29, 0.717) is 11.5 Å². The number of benzene rings is 2. The van der Waals surface area contributed by atoms with E-state index in [1.54, 1.807) is 18.6 Å². The first-order chi connectivity index (χ1) is 16.6. The van der Waals surface area contributed by atoms with Crippen molar-refractivity contribution in [1.82, 2.24) is 15.0 Å². The fraction of sp³-hybridized carbons (Fsp3) is 0.259. The molecule has 5 rings (SSSR count). The van der Waals surface area contributed by atoms with Crippen molar-refractivity contribution in [2.45, 2.75) is 19.8 Å². The fourth-order valence-electron chi connectivity index (χ4n) is 4.33. The molecule has 1 N–H and O–H groups in total. The Hall–Kier alpha value is -4.00. The number of pyridine rings is 1. The fourth-order valence-corrected chi connectivity index (χ4v) is 4.33. The molecule has 3 heterocycles. The van der Waals surface area contributed by atoms with Gasteiger partial charge in [-0.25, -0.2) is 15.0 Å². The zero-order chi connectivity index (χ0) is 23.5. The van der Waals surface area contributed by atoms with E-state index in [1.807, 2.05) is 42.5 Å². The Kier molecular flexibility index (Phi) is 6.08. The molecule has 0 unspecified atom stereocenters. The summed E-state index contributed by atoms with van der Waals surface area (Å²) in [7, 11) is 0. The quantitative estimate of drug-likeness (QED) is 0.472. The second kappa shape index (κ2) is 9.47. The van der Waals surface area contributed by atoms with Gasteiger partial charge in [0.2, 0.25) is 5.95 Å². The molecule has 0 spiro atoms. The van der Waals surface area contributed by atoms with Gasteiger partial charge in [0, 0.05) is 55.8 Å². The van der Waals surface area contributed by atoms with Crippen molar-refractivity contribution in [2.24, 2.45) is 0 Å². The smallest absolute Gasteiger partial charge is 0.257 e. The third-order valence-corrected chi connectivity index (χ3v) is 6.27. The van der Waals surface area contributed by atoms with Crippen LogP contribution in [0.15, 0.2) is 73.2 Å². The normalized spacial score (nSPS) is 14.0. The highest BCUT2D eigenvalue weighted by Gasteiger charge is 2.22. The van der Waals surface area contributed by atoms with Crippen molar-refractivity contribution in [3.05, 3.63) is 84.3 Å². The van der Waals surface area contributed by atoms with E-state index >= 15 is 0 Å².